The minimum atomic E-state index is -1.18. The number of benzene rings is 2. The van der Waals surface area contributed by atoms with E-state index >= 15 is 0 Å². The highest BCUT2D eigenvalue weighted by molar-refractivity contribution is 5.95. The molecule has 0 aromatic heterocycles. The summed E-state index contributed by atoms with van der Waals surface area (Å²) in [5.41, 5.74) is 0.957. The third-order valence-corrected chi connectivity index (χ3v) is 7.50. The molecule has 4 saturated carbocycles. The molecule has 0 radical (unpaired) electrons. The van der Waals surface area contributed by atoms with Gasteiger partial charge >= 0.3 is 17.9 Å². The third kappa shape index (κ3) is 4.08. The molecule has 4 aliphatic carbocycles. The van der Waals surface area contributed by atoms with Crippen LogP contribution in [0.15, 0.2) is 42.5 Å². The molecule has 0 spiro atoms. The van der Waals surface area contributed by atoms with E-state index in [1.165, 1.54) is 31.4 Å². The number of hydrogen-bond acceptors (Lipinski definition) is 5. The number of hydrogen-bond donors (Lipinski definition) is 2. The minimum Gasteiger partial charge on any atom is -0.482 e. The molecular formula is C26H26O7. The van der Waals surface area contributed by atoms with Crippen LogP contribution in [0.2, 0.25) is 0 Å². The van der Waals surface area contributed by atoms with Crippen LogP contribution >= 0.6 is 0 Å². The molecule has 0 unspecified atom stereocenters. The van der Waals surface area contributed by atoms with E-state index in [-0.39, 0.29) is 16.7 Å². The smallest absolute Gasteiger partial charge is 0.343 e. The first-order chi connectivity index (χ1) is 15.8. The Morgan fingerprint density at radius 1 is 0.879 bits per heavy atom. The van der Waals surface area contributed by atoms with Gasteiger partial charge in [0.2, 0.25) is 0 Å². The van der Waals surface area contributed by atoms with E-state index in [1.54, 1.807) is 30.3 Å². The second-order valence-electron chi connectivity index (χ2n) is 9.78. The Labute approximate surface area is 191 Å². The van der Waals surface area contributed by atoms with Gasteiger partial charge in [0.1, 0.15) is 17.1 Å². The van der Waals surface area contributed by atoms with Crippen molar-refractivity contribution in [2.24, 2.45) is 17.8 Å². The van der Waals surface area contributed by atoms with Gasteiger partial charge in [-0.1, -0.05) is 12.1 Å². The maximum absolute atomic E-state index is 13.0. The molecule has 4 aliphatic rings. The van der Waals surface area contributed by atoms with Crippen LogP contribution in [0.5, 0.6) is 11.5 Å². The molecule has 2 N–H and O–H groups in total. The van der Waals surface area contributed by atoms with Gasteiger partial charge in [-0.3, -0.25) is 0 Å². The number of aromatic carboxylic acids is 1. The summed E-state index contributed by atoms with van der Waals surface area (Å²) < 4.78 is 11.1. The maximum atomic E-state index is 13.0. The Balaban J connectivity index is 1.49. The number of esters is 1. The topological polar surface area (TPSA) is 110 Å². The zero-order chi connectivity index (χ0) is 23.2. The largest absolute Gasteiger partial charge is 0.482 e. The van der Waals surface area contributed by atoms with Crippen LogP contribution in [0.25, 0.3) is 0 Å². The van der Waals surface area contributed by atoms with E-state index in [2.05, 4.69) is 0 Å². The molecule has 33 heavy (non-hydrogen) atoms. The molecule has 2 aromatic rings. The number of carbonyl (C=O) groups is 3. The Bertz CT molecular complexity index is 1080. The summed E-state index contributed by atoms with van der Waals surface area (Å²) in [5.74, 6) is -0.436. The lowest BCUT2D eigenvalue weighted by Crippen LogP contribution is -2.48. The first kappa shape index (κ1) is 21.5. The van der Waals surface area contributed by atoms with E-state index in [9.17, 15) is 19.5 Å². The van der Waals surface area contributed by atoms with E-state index in [0.717, 1.165) is 24.8 Å². The van der Waals surface area contributed by atoms with Crippen LogP contribution in [0.4, 0.5) is 0 Å². The maximum Gasteiger partial charge on any atom is 0.343 e. The summed E-state index contributed by atoms with van der Waals surface area (Å²) in [6.45, 7) is -0.449. The van der Waals surface area contributed by atoms with Crippen molar-refractivity contribution >= 4 is 17.9 Å². The van der Waals surface area contributed by atoms with Gasteiger partial charge in [-0.15, -0.1) is 0 Å². The molecule has 172 valence electrons. The van der Waals surface area contributed by atoms with Crippen molar-refractivity contribution in [1.29, 1.82) is 0 Å². The highest BCUT2D eigenvalue weighted by Gasteiger charge is 2.52. The monoisotopic (exact) mass is 450 g/mol. The lowest BCUT2D eigenvalue weighted by Gasteiger charge is -2.57. The number of ether oxygens (including phenoxy) is 2. The van der Waals surface area contributed by atoms with Crippen molar-refractivity contribution in [2.75, 3.05) is 6.61 Å². The van der Waals surface area contributed by atoms with Crippen molar-refractivity contribution in [3.63, 3.8) is 0 Å². The van der Waals surface area contributed by atoms with E-state index in [4.69, 9.17) is 14.6 Å². The molecule has 6 rings (SSSR count). The van der Waals surface area contributed by atoms with E-state index in [1.807, 2.05) is 0 Å². The number of carbonyl (C=O) groups excluding carboxylic acids is 1. The SMILES string of the molecule is O=C(O)COc1ccc(C(=O)Oc2ccccc2C(=O)O)cc1C12CC3CC(CC(C3)C1)C2. The van der Waals surface area contributed by atoms with Crippen molar-refractivity contribution in [1.82, 2.24) is 0 Å². The molecule has 0 saturated heterocycles. The number of rotatable bonds is 7. The molecule has 4 fully saturated rings. The van der Waals surface area contributed by atoms with Crippen LogP contribution in [0.1, 0.15) is 64.8 Å². The quantitative estimate of drug-likeness (QED) is 0.471. The fraction of sp³-hybridized carbons (Fsp3) is 0.423. The zero-order valence-corrected chi connectivity index (χ0v) is 18.2. The molecule has 0 aliphatic heterocycles. The van der Waals surface area contributed by atoms with E-state index in [0.29, 0.717) is 29.1 Å². The second kappa shape index (κ2) is 8.21. The minimum absolute atomic E-state index is 0.0161. The van der Waals surface area contributed by atoms with Crippen LogP contribution in [-0.4, -0.2) is 34.7 Å². The Kier molecular flexibility index (Phi) is 5.35. The average Bonchev–Trinajstić information content (AvgIpc) is 2.77. The third-order valence-electron chi connectivity index (χ3n) is 7.50. The first-order valence-electron chi connectivity index (χ1n) is 11.4. The zero-order valence-electron chi connectivity index (χ0n) is 18.2. The molecule has 7 heteroatoms. The van der Waals surface area contributed by atoms with Crippen LogP contribution < -0.4 is 9.47 Å². The molecule has 7 nitrogen and oxygen atoms in total. The summed E-state index contributed by atoms with van der Waals surface area (Å²) in [7, 11) is 0. The fourth-order valence-corrected chi connectivity index (χ4v) is 6.67. The van der Waals surface area contributed by atoms with Gasteiger partial charge in [0.25, 0.3) is 0 Å². The van der Waals surface area contributed by atoms with Crippen LogP contribution in [0.3, 0.4) is 0 Å². The van der Waals surface area contributed by atoms with Crippen LogP contribution in [-0.2, 0) is 10.2 Å². The number of para-hydroxylation sites is 1. The summed E-state index contributed by atoms with van der Waals surface area (Å²) in [5, 5.41) is 18.5. The average molecular weight is 450 g/mol. The van der Waals surface area contributed by atoms with Crippen LogP contribution in [0, 0.1) is 17.8 Å². The van der Waals surface area contributed by atoms with Gasteiger partial charge in [-0.05, 0) is 92.0 Å². The van der Waals surface area contributed by atoms with Gasteiger partial charge in [0, 0.05) is 5.56 Å². The normalized spacial score (nSPS) is 27.2. The van der Waals surface area contributed by atoms with Gasteiger partial charge in [-0.2, -0.15) is 0 Å². The highest BCUT2D eigenvalue weighted by atomic mass is 16.5. The molecule has 4 bridgehead atoms. The molecule has 2 aromatic carbocycles. The number of carboxylic acid groups (broad SMARTS) is 2. The molecule has 0 amide bonds. The van der Waals surface area contributed by atoms with Crippen molar-refractivity contribution in [3.05, 3.63) is 59.2 Å². The second-order valence-corrected chi connectivity index (χ2v) is 9.78. The highest BCUT2D eigenvalue weighted by Crippen LogP contribution is 2.62. The number of carboxylic acids is 2. The van der Waals surface area contributed by atoms with Gasteiger partial charge in [0.05, 0.1) is 5.56 Å². The molecule has 0 heterocycles. The van der Waals surface area contributed by atoms with Gasteiger partial charge in [-0.25, -0.2) is 14.4 Å². The number of aliphatic carboxylic acids is 1. The lowest BCUT2D eigenvalue weighted by molar-refractivity contribution is -0.139. The Morgan fingerprint density at radius 3 is 2.12 bits per heavy atom. The summed E-state index contributed by atoms with van der Waals surface area (Å²) in [6.07, 6.45) is 6.79. The molecular weight excluding hydrogens is 424 g/mol. The predicted molar refractivity (Wildman–Crippen MR) is 118 cm³/mol. The summed E-state index contributed by atoms with van der Waals surface area (Å²) in [4.78, 5) is 35.6. The standard InChI is InChI=1S/C26H26O7/c27-23(28)14-32-22-6-5-18(25(31)33-21-4-2-1-3-19(21)24(29)30)10-20(22)26-11-15-7-16(12-26)9-17(8-15)13-26/h1-6,10,15-17H,7-9,11-14H2,(H,27,28)(H,29,30). The predicted octanol–water partition coefficient (Wildman–Crippen LogP) is 4.54. The summed E-state index contributed by atoms with van der Waals surface area (Å²) >= 11 is 0. The first-order valence-corrected chi connectivity index (χ1v) is 11.4. The van der Waals surface area contributed by atoms with Crippen molar-refractivity contribution in [3.8, 4) is 11.5 Å². The van der Waals surface area contributed by atoms with E-state index < -0.39 is 24.5 Å². The Hall–Kier alpha value is -3.35. The van der Waals surface area contributed by atoms with Crippen molar-refractivity contribution in [2.45, 2.75) is 43.9 Å². The summed E-state index contributed by atoms with van der Waals surface area (Å²) in [6, 6.07) is 11.0. The molecule has 0 atom stereocenters. The van der Waals surface area contributed by atoms with Gasteiger partial charge in [0.15, 0.2) is 6.61 Å². The van der Waals surface area contributed by atoms with Gasteiger partial charge < -0.3 is 19.7 Å². The Morgan fingerprint density at radius 2 is 1.52 bits per heavy atom. The fourth-order valence-electron chi connectivity index (χ4n) is 6.67. The van der Waals surface area contributed by atoms with Crippen molar-refractivity contribution < 1.29 is 34.1 Å². The lowest BCUT2D eigenvalue weighted by atomic mass is 9.48.